The van der Waals surface area contributed by atoms with Crippen LogP contribution >= 0.6 is 0 Å². The third kappa shape index (κ3) is 2.47. The molecule has 1 aromatic carbocycles. The lowest BCUT2D eigenvalue weighted by molar-refractivity contribution is 0.0696. The molecule has 0 saturated heterocycles. The molecule has 0 fully saturated rings. The first-order valence-corrected chi connectivity index (χ1v) is 6.30. The number of methoxy groups -OCH3 is 1. The van der Waals surface area contributed by atoms with Gasteiger partial charge in [-0.05, 0) is 37.1 Å². The Labute approximate surface area is 117 Å². The van der Waals surface area contributed by atoms with E-state index in [0.29, 0.717) is 11.4 Å². The van der Waals surface area contributed by atoms with Crippen molar-refractivity contribution in [1.29, 1.82) is 0 Å². The predicted octanol–water partition coefficient (Wildman–Crippen LogP) is 2.72. The summed E-state index contributed by atoms with van der Waals surface area (Å²) in [5, 5.41) is 9.33. The van der Waals surface area contributed by atoms with Gasteiger partial charge in [-0.15, -0.1) is 0 Å². The molecule has 0 amide bonds. The molecule has 0 unspecified atom stereocenters. The summed E-state index contributed by atoms with van der Waals surface area (Å²) < 4.78 is 5.28. The minimum atomic E-state index is -1.02. The maximum Gasteiger partial charge on any atom is 0.339 e. The Kier molecular flexibility index (Phi) is 3.98. The second kappa shape index (κ2) is 5.69. The smallest absolute Gasteiger partial charge is 0.339 e. The van der Waals surface area contributed by atoms with E-state index in [1.54, 1.807) is 14.0 Å². The van der Waals surface area contributed by atoms with Gasteiger partial charge in [0, 0.05) is 5.56 Å². The summed E-state index contributed by atoms with van der Waals surface area (Å²) in [4.78, 5) is 19.5. The minimum absolute atomic E-state index is 0.139. The molecule has 0 aliphatic heterocycles. The molecule has 0 radical (unpaired) electrons. The van der Waals surface area contributed by atoms with Crippen LogP contribution < -0.4 is 4.74 Å². The molecule has 2 aromatic rings. The topological polar surface area (TPSA) is 72.3 Å². The van der Waals surface area contributed by atoms with Gasteiger partial charge in [0.25, 0.3) is 0 Å². The summed E-state index contributed by atoms with van der Waals surface area (Å²) in [5.41, 5.74) is 2.79. The van der Waals surface area contributed by atoms with Gasteiger partial charge >= 0.3 is 5.97 Å². The summed E-state index contributed by atoms with van der Waals surface area (Å²) in [6.45, 7) is 3.68. The Balaban J connectivity index is 2.63. The number of nitrogens with zero attached hydrogens (tertiary/aromatic N) is 2. The molecular formula is C15H16N2O3. The molecule has 0 atom stereocenters. The van der Waals surface area contributed by atoms with Crippen molar-refractivity contribution in [3.63, 3.8) is 0 Å². The number of hydrogen-bond acceptors (Lipinski definition) is 4. The molecular weight excluding hydrogens is 256 g/mol. The van der Waals surface area contributed by atoms with Crippen LogP contribution in [0.2, 0.25) is 0 Å². The van der Waals surface area contributed by atoms with Crippen LogP contribution in [0.5, 0.6) is 5.75 Å². The number of aromatic carboxylic acids is 1. The fourth-order valence-corrected chi connectivity index (χ4v) is 2.15. The highest BCUT2D eigenvalue weighted by atomic mass is 16.5. The van der Waals surface area contributed by atoms with Gasteiger partial charge in [-0.1, -0.05) is 6.92 Å². The second-order valence-corrected chi connectivity index (χ2v) is 4.37. The normalized spacial score (nSPS) is 10.3. The van der Waals surface area contributed by atoms with Crippen LogP contribution in [-0.2, 0) is 6.42 Å². The molecule has 0 bridgehead atoms. The fourth-order valence-electron chi connectivity index (χ4n) is 2.15. The van der Waals surface area contributed by atoms with Crippen LogP contribution in [0, 0.1) is 6.92 Å². The van der Waals surface area contributed by atoms with E-state index in [9.17, 15) is 9.90 Å². The molecule has 2 rings (SSSR count). The van der Waals surface area contributed by atoms with Gasteiger partial charge in [-0.2, -0.15) is 0 Å². The fraction of sp³-hybridized carbons (Fsp3) is 0.267. The number of aryl methyl sites for hydroxylation is 2. The highest BCUT2D eigenvalue weighted by molar-refractivity contribution is 5.95. The summed E-state index contributed by atoms with van der Waals surface area (Å²) >= 11 is 0. The van der Waals surface area contributed by atoms with Crippen LogP contribution in [0.25, 0.3) is 11.3 Å². The van der Waals surface area contributed by atoms with Crippen LogP contribution in [0.15, 0.2) is 24.5 Å². The molecule has 1 heterocycles. The average Bonchev–Trinajstić information content (AvgIpc) is 2.45. The second-order valence-electron chi connectivity index (χ2n) is 4.37. The van der Waals surface area contributed by atoms with Crippen LogP contribution in [0.4, 0.5) is 0 Å². The van der Waals surface area contributed by atoms with Gasteiger partial charge in [0.1, 0.15) is 17.6 Å². The van der Waals surface area contributed by atoms with Crippen LogP contribution in [0.3, 0.4) is 0 Å². The first-order chi connectivity index (χ1) is 9.58. The molecule has 5 heteroatoms. The Bertz CT molecular complexity index is 654. The van der Waals surface area contributed by atoms with Crippen molar-refractivity contribution in [2.45, 2.75) is 20.3 Å². The van der Waals surface area contributed by atoms with Crippen molar-refractivity contribution >= 4 is 5.97 Å². The molecule has 1 N–H and O–H groups in total. The van der Waals surface area contributed by atoms with Crippen molar-refractivity contribution in [1.82, 2.24) is 9.97 Å². The number of carboxylic acid groups (broad SMARTS) is 1. The lowest BCUT2D eigenvalue weighted by atomic mass is 10.0. The Hall–Kier alpha value is -2.43. The quantitative estimate of drug-likeness (QED) is 0.926. The third-order valence-corrected chi connectivity index (χ3v) is 3.19. The van der Waals surface area contributed by atoms with E-state index in [4.69, 9.17) is 4.74 Å². The lowest BCUT2D eigenvalue weighted by Crippen LogP contribution is -2.06. The summed E-state index contributed by atoms with van der Waals surface area (Å²) in [6.07, 6.45) is 2.18. The van der Waals surface area contributed by atoms with Gasteiger partial charge in [0.15, 0.2) is 0 Å². The number of carbonyl (C=O) groups is 1. The standard InChI is InChI=1S/C15H16N2O3/c1-4-10-7-11(5-6-12(10)20-3)14-13(15(18)19)9(2)16-8-17-14/h5-8H,4H2,1-3H3,(H,18,19). The largest absolute Gasteiger partial charge is 0.496 e. The summed E-state index contributed by atoms with van der Waals surface area (Å²) in [7, 11) is 1.62. The van der Waals surface area contributed by atoms with Crippen molar-refractivity contribution < 1.29 is 14.6 Å². The zero-order valence-electron chi connectivity index (χ0n) is 11.7. The van der Waals surface area contributed by atoms with Gasteiger partial charge in [0.2, 0.25) is 0 Å². The van der Waals surface area contributed by atoms with Gasteiger partial charge in [0.05, 0.1) is 18.5 Å². The van der Waals surface area contributed by atoms with Crippen molar-refractivity contribution in [2.24, 2.45) is 0 Å². The zero-order chi connectivity index (χ0) is 14.7. The molecule has 20 heavy (non-hydrogen) atoms. The van der Waals surface area contributed by atoms with Crippen LogP contribution in [-0.4, -0.2) is 28.2 Å². The van der Waals surface area contributed by atoms with Crippen molar-refractivity contribution in [3.05, 3.63) is 41.3 Å². The van der Waals surface area contributed by atoms with Gasteiger partial charge in [-0.3, -0.25) is 0 Å². The van der Waals surface area contributed by atoms with E-state index < -0.39 is 5.97 Å². The average molecular weight is 272 g/mol. The molecule has 0 saturated carbocycles. The van der Waals surface area contributed by atoms with Crippen LogP contribution in [0.1, 0.15) is 28.5 Å². The summed E-state index contributed by atoms with van der Waals surface area (Å²) in [6, 6.07) is 5.55. The van der Waals surface area contributed by atoms with E-state index in [0.717, 1.165) is 23.3 Å². The Morgan fingerprint density at radius 2 is 2.10 bits per heavy atom. The molecule has 1 aromatic heterocycles. The summed E-state index contributed by atoms with van der Waals surface area (Å²) in [5.74, 6) is -0.231. The van der Waals surface area contributed by atoms with Gasteiger partial charge in [-0.25, -0.2) is 14.8 Å². The first kappa shape index (κ1) is 14.0. The zero-order valence-corrected chi connectivity index (χ0v) is 11.7. The maximum absolute atomic E-state index is 11.4. The van der Waals surface area contributed by atoms with E-state index in [2.05, 4.69) is 9.97 Å². The number of ether oxygens (including phenoxy) is 1. The number of hydrogen-bond donors (Lipinski definition) is 1. The lowest BCUT2D eigenvalue weighted by Gasteiger charge is -2.11. The first-order valence-electron chi connectivity index (χ1n) is 6.30. The Morgan fingerprint density at radius 1 is 1.35 bits per heavy atom. The maximum atomic E-state index is 11.4. The van der Waals surface area contributed by atoms with E-state index in [-0.39, 0.29) is 5.56 Å². The monoisotopic (exact) mass is 272 g/mol. The molecule has 5 nitrogen and oxygen atoms in total. The number of carboxylic acids is 1. The van der Waals surface area contributed by atoms with Crippen molar-refractivity contribution in [3.8, 4) is 17.0 Å². The van der Waals surface area contributed by atoms with E-state index in [1.807, 2.05) is 25.1 Å². The number of rotatable bonds is 4. The number of aromatic nitrogens is 2. The van der Waals surface area contributed by atoms with E-state index in [1.165, 1.54) is 6.33 Å². The molecule has 0 spiro atoms. The highest BCUT2D eigenvalue weighted by Gasteiger charge is 2.17. The van der Waals surface area contributed by atoms with E-state index >= 15 is 0 Å². The molecule has 0 aliphatic carbocycles. The molecule has 104 valence electrons. The third-order valence-electron chi connectivity index (χ3n) is 3.19. The Morgan fingerprint density at radius 3 is 2.70 bits per heavy atom. The SMILES string of the molecule is CCc1cc(-c2ncnc(C)c2C(=O)O)ccc1OC. The predicted molar refractivity (Wildman–Crippen MR) is 75.1 cm³/mol. The number of benzene rings is 1. The van der Waals surface area contributed by atoms with Crippen molar-refractivity contribution in [2.75, 3.05) is 7.11 Å². The molecule has 0 aliphatic rings. The highest BCUT2D eigenvalue weighted by Crippen LogP contribution is 2.28. The van der Waals surface area contributed by atoms with Gasteiger partial charge < -0.3 is 9.84 Å². The minimum Gasteiger partial charge on any atom is -0.496 e.